The Labute approximate surface area is 94.2 Å². The Hall–Kier alpha value is -0.0800. The van der Waals surface area contributed by atoms with Crippen LogP contribution in [-0.2, 0) is 0 Å². The summed E-state index contributed by atoms with van der Waals surface area (Å²) in [4.78, 5) is 2.63. The molecule has 15 heavy (non-hydrogen) atoms. The molecule has 1 saturated heterocycles. The van der Waals surface area contributed by atoms with Crippen LogP contribution in [0.25, 0.3) is 0 Å². The highest BCUT2D eigenvalue weighted by atomic mass is 15.2. The van der Waals surface area contributed by atoms with Gasteiger partial charge < -0.3 is 10.6 Å². The molecule has 2 fully saturated rings. The topological polar surface area (TPSA) is 29.3 Å². The van der Waals surface area contributed by atoms with E-state index < -0.39 is 0 Å². The Morgan fingerprint density at radius 1 is 1.27 bits per heavy atom. The lowest BCUT2D eigenvalue weighted by Crippen LogP contribution is -2.42. The Morgan fingerprint density at radius 3 is 2.40 bits per heavy atom. The van der Waals surface area contributed by atoms with Gasteiger partial charge in [-0.15, -0.1) is 0 Å². The molecule has 0 aromatic heterocycles. The molecule has 2 heteroatoms. The molecule has 1 aliphatic heterocycles. The molecule has 1 spiro atoms. The van der Waals surface area contributed by atoms with E-state index in [1.807, 2.05) is 0 Å². The highest BCUT2D eigenvalue weighted by Crippen LogP contribution is 2.48. The van der Waals surface area contributed by atoms with Gasteiger partial charge in [-0.05, 0) is 76.9 Å². The largest absolute Gasteiger partial charge is 0.330 e. The molecule has 1 atom stereocenters. The molecule has 2 nitrogen and oxygen atoms in total. The van der Waals surface area contributed by atoms with Crippen molar-refractivity contribution in [1.29, 1.82) is 0 Å². The summed E-state index contributed by atoms with van der Waals surface area (Å²) in [6.07, 6.45) is 7.08. The molecule has 0 aromatic carbocycles. The minimum absolute atomic E-state index is 0.690. The highest BCUT2D eigenvalue weighted by Gasteiger charge is 2.40. The third kappa shape index (κ3) is 2.36. The van der Waals surface area contributed by atoms with E-state index in [9.17, 15) is 0 Å². The van der Waals surface area contributed by atoms with Crippen molar-refractivity contribution in [3.8, 4) is 0 Å². The average Bonchev–Trinajstić information content (AvgIpc) is 2.62. The van der Waals surface area contributed by atoms with Crippen LogP contribution in [0.1, 0.15) is 46.0 Å². The van der Waals surface area contributed by atoms with Gasteiger partial charge in [-0.2, -0.15) is 0 Å². The molecule has 88 valence electrons. The fourth-order valence-corrected chi connectivity index (χ4v) is 3.50. The van der Waals surface area contributed by atoms with Crippen LogP contribution in [-0.4, -0.2) is 30.6 Å². The fourth-order valence-electron chi connectivity index (χ4n) is 3.50. The summed E-state index contributed by atoms with van der Waals surface area (Å²) in [5.74, 6) is 0.829. The fraction of sp³-hybridized carbons (Fsp3) is 1.00. The van der Waals surface area contributed by atoms with Crippen molar-refractivity contribution in [3.05, 3.63) is 0 Å². The van der Waals surface area contributed by atoms with E-state index in [2.05, 4.69) is 18.7 Å². The lowest BCUT2D eigenvalue weighted by atomic mass is 9.76. The number of nitrogens with two attached hydrogens (primary N) is 1. The monoisotopic (exact) mass is 210 g/mol. The van der Waals surface area contributed by atoms with Gasteiger partial charge in [0.1, 0.15) is 0 Å². The van der Waals surface area contributed by atoms with Crippen molar-refractivity contribution >= 4 is 0 Å². The van der Waals surface area contributed by atoms with Gasteiger partial charge in [0, 0.05) is 6.04 Å². The first kappa shape index (κ1) is 11.4. The van der Waals surface area contributed by atoms with Gasteiger partial charge in [-0.25, -0.2) is 0 Å². The zero-order chi connectivity index (χ0) is 10.9. The lowest BCUT2D eigenvalue weighted by molar-refractivity contribution is 0.0842. The Balaban J connectivity index is 1.87. The number of hydrogen-bond donors (Lipinski definition) is 1. The summed E-state index contributed by atoms with van der Waals surface area (Å²) >= 11 is 0. The third-order valence-electron chi connectivity index (χ3n) is 4.73. The van der Waals surface area contributed by atoms with Crippen LogP contribution in [0.2, 0.25) is 0 Å². The summed E-state index contributed by atoms with van der Waals surface area (Å²) in [5.41, 5.74) is 6.48. The highest BCUT2D eigenvalue weighted by molar-refractivity contribution is 4.93. The Morgan fingerprint density at radius 2 is 1.93 bits per heavy atom. The molecule has 1 saturated carbocycles. The average molecular weight is 210 g/mol. The molecule has 2 aliphatic rings. The normalized spacial score (nSPS) is 31.6. The van der Waals surface area contributed by atoms with E-state index in [4.69, 9.17) is 5.73 Å². The first-order chi connectivity index (χ1) is 7.15. The second-order valence-corrected chi connectivity index (χ2v) is 5.97. The zero-order valence-corrected chi connectivity index (χ0v) is 10.3. The maximum Gasteiger partial charge on any atom is 0.00385 e. The summed E-state index contributed by atoms with van der Waals surface area (Å²) in [6, 6.07) is 0.731. The van der Waals surface area contributed by atoms with Crippen LogP contribution in [0.15, 0.2) is 0 Å². The van der Waals surface area contributed by atoms with Gasteiger partial charge in [-0.1, -0.05) is 0 Å². The van der Waals surface area contributed by atoms with Gasteiger partial charge in [0.15, 0.2) is 0 Å². The first-order valence-corrected chi connectivity index (χ1v) is 6.59. The summed E-state index contributed by atoms with van der Waals surface area (Å²) < 4.78 is 0. The molecular formula is C13H26N2. The van der Waals surface area contributed by atoms with Crippen LogP contribution in [0.5, 0.6) is 0 Å². The Bertz CT molecular complexity index is 205. The van der Waals surface area contributed by atoms with Crippen molar-refractivity contribution in [2.24, 2.45) is 17.1 Å². The maximum absolute atomic E-state index is 5.79. The molecule has 2 N–H and O–H groups in total. The Kier molecular flexibility index (Phi) is 3.36. The number of rotatable bonds is 2. The van der Waals surface area contributed by atoms with Crippen LogP contribution in [0.3, 0.4) is 0 Å². The lowest BCUT2D eigenvalue weighted by Gasteiger charge is -2.41. The predicted octanol–water partition coefficient (Wildman–Crippen LogP) is 2.24. The van der Waals surface area contributed by atoms with Gasteiger partial charge in [0.05, 0.1) is 0 Å². The summed E-state index contributed by atoms with van der Waals surface area (Å²) in [6.45, 7) is 8.17. The molecule has 0 amide bonds. The number of hydrogen-bond acceptors (Lipinski definition) is 2. The SMILES string of the molecule is CC(C)N1CCC2(CCC(CN)C2)CC1. The molecule has 1 aliphatic carbocycles. The van der Waals surface area contributed by atoms with E-state index in [0.717, 1.165) is 18.5 Å². The van der Waals surface area contributed by atoms with Crippen molar-refractivity contribution in [2.45, 2.75) is 52.0 Å². The maximum atomic E-state index is 5.79. The second-order valence-electron chi connectivity index (χ2n) is 5.97. The van der Waals surface area contributed by atoms with E-state index in [1.165, 1.54) is 45.2 Å². The number of likely N-dealkylation sites (tertiary alicyclic amines) is 1. The van der Waals surface area contributed by atoms with E-state index >= 15 is 0 Å². The van der Waals surface area contributed by atoms with E-state index in [0.29, 0.717) is 5.41 Å². The van der Waals surface area contributed by atoms with Gasteiger partial charge in [0.2, 0.25) is 0 Å². The minimum atomic E-state index is 0.690. The summed E-state index contributed by atoms with van der Waals surface area (Å²) in [7, 11) is 0. The quantitative estimate of drug-likeness (QED) is 0.757. The van der Waals surface area contributed by atoms with Crippen molar-refractivity contribution < 1.29 is 0 Å². The van der Waals surface area contributed by atoms with Crippen molar-refractivity contribution in [2.75, 3.05) is 19.6 Å². The molecule has 0 aromatic rings. The molecule has 1 unspecified atom stereocenters. The van der Waals surface area contributed by atoms with Crippen LogP contribution < -0.4 is 5.73 Å². The van der Waals surface area contributed by atoms with Gasteiger partial charge >= 0.3 is 0 Å². The zero-order valence-electron chi connectivity index (χ0n) is 10.3. The van der Waals surface area contributed by atoms with Gasteiger partial charge in [0.25, 0.3) is 0 Å². The van der Waals surface area contributed by atoms with Crippen molar-refractivity contribution in [1.82, 2.24) is 4.90 Å². The standard InChI is InChI=1S/C13H26N2/c1-11(2)15-7-5-13(6-8-15)4-3-12(9-13)10-14/h11-12H,3-10,14H2,1-2H3. The smallest absolute Gasteiger partial charge is 0.00385 e. The van der Waals surface area contributed by atoms with Crippen LogP contribution >= 0.6 is 0 Å². The summed E-state index contributed by atoms with van der Waals surface area (Å²) in [5, 5.41) is 0. The molecular weight excluding hydrogens is 184 g/mol. The second kappa shape index (κ2) is 4.42. The number of piperidine rings is 1. The van der Waals surface area contributed by atoms with Crippen LogP contribution in [0, 0.1) is 11.3 Å². The minimum Gasteiger partial charge on any atom is -0.330 e. The predicted molar refractivity (Wildman–Crippen MR) is 64.8 cm³/mol. The van der Waals surface area contributed by atoms with Crippen LogP contribution in [0.4, 0.5) is 0 Å². The molecule has 2 rings (SSSR count). The van der Waals surface area contributed by atoms with E-state index in [1.54, 1.807) is 0 Å². The first-order valence-electron chi connectivity index (χ1n) is 6.59. The third-order valence-corrected chi connectivity index (χ3v) is 4.73. The van der Waals surface area contributed by atoms with Gasteiger partial charge in [-0.3, -0.25) is 0 Å². The van der Waals surface area contributed by atoms with E-state index in [-0.39, 0.29) is 0 Å². The molecule has 0 bridgehead atoms. The number of nitrogens with zero attached hydrogens (tertiary/aromatic N) is 1. The molecule has 0 radical (unpaired) electrons. The van der Waals surface area contributed by atoms with Crippen molar-refractivity contribution in [3.63, 3.8) is 0 Å². The molecule has 1 heterocycles.